The zero-order valence-corrected chi connectivity index (χ0v) is 12.0. The number of nitrogens with one attached hydrogen (secondary N) is 1. The van der Waals surface area contributed by atoms with E-state index in [0.717, 1.165) is 19.6 Å². The number of hydrogen-bond acceptors (Lipinski definition) is 5. The molecule has 0 saturated carbocycles. The van der Waals surface area contributed by atoms with Crippen molar-refractivity contribution in [3.8, 4) is 0 Å². The molecule has 2 rings (SSSR count). The third-order valence-electron chi connectivity index (χ3n) is 4.09. The summed E-state index contributed by atoms with van der Waals surface area (Å²) in [4.78, 5) is 14.2. The zero-order chi connectivity index (χ0) is 14.4. The number of rotatable bonds is 4. The lowest BCUT2D eigenvalue weighted by Crippen LogP contribution is -2.56. The summed E-state index contributed by atoms with van der Waals surface area (Å²) < 4.78 is 5.14. The van der Waals surface area contributed by atoms with Gasteiger partial charge in [-0.3, -0.25) is 4.79 Å². The molecule has 6 heteroatoms. The van der Waals surface area contributed by atoms with Gasteiger partial charge >= 0.3 is 0 Å². The number of hydrogen-bond donors (Lipinski definition) is 3. The molecule has 0 radical (unpaired) electrons. The molecular formula is C14H26N2O4. The number of aliphatic hydroxyl groups is 2. The zero-order valence-electron chi connectivity index (χ0n) is 12.0. The highest BCUT2D eigenvalue weighted by Gasteiger charge is 2.32. The maximum atomic E-state index is 11.9. The third kappa shape index (κ3) is 4.70. The third-order valence-corrected chi connectivity index (χ3v) is 4.09. The van der Waals surface area contributed by atoms with Crippen LogP contribution in [0.5, 0.6) is 0 Å². The van der Waals surface area contributed by atoms with Crippen LogP contribution in [0.4, 0.5) is 0 Å². The molecule has 1 amide bonds. The van der Waals surface area contributed by atoms with E-state index in [1.54, 1.807) is 0 Å². The predicted octanol–water partition coefficient (Wildman–Crippen LogP) is -0.511. The first-order valence-corrected chi connectivity index (χ1v) is 7.62. The van der Waals surface area contributed by atoms with Gasteiger partial charge in [-0.1, -0.05) is 12.8 Å². The normalized spacial score (nSPS) is 32.6. The van der Waals surface area contributed by atoms with Gasteiger partial charge in [0.2, 0.25) is 5.91 Å². The van der Waals surface area contributed by atoms with Crippen LogP contribution in [0.25, 0.3) is 0 Å². The second-order valence-electron chi connectivity index (χ2n) is 5.78. The maximum Gasteiger partial charge on any atom is 0.221 e. The van der Waals surface area contributed by atoms with Gasteiger partial charge in [0.25, 0.3) is 0 Å². The van der Waals surface area contributed by atoms with Gasteiger partial charge in [0, 0.05) is 13.0 Å². The second kappa shape index (κ2) is 7.93. The van der Waals surface area contributed by atoms with Crippen molar-refractivity contribution >= 4 is 5.91 Å². The first-order valence-electron chi connectivity index (χ1n) is 7.62. The minimum Gasteiger partial charge on any atom is -0.388 e. The van der Waals surface area contributed by atoms with Crippen LogP contribution < -0.4 is 5.32 Å². The van der Waals surface area contributed by atoms with Crippen molar-refractivity contribution in [2.45, 2.75) is 50.4 Å². The summed E-state index contributed by atoms with van der Waals surface area (Å²) in [6.45, 7) is 3.29. The minimum absolute atomic E-state index is 0.0870. The van der Waals surface area contributed by atoms with Crippen molar-refractivity contribution in [2.24, 2.45) is 0 Å². The van der Waals surface area contributed by atoms with E-state index in [-0.39, 0.29) is 19.1 Å². The first kappa shape index (κ1) is 15.7. The number of amides is 1. The van der Waals surface area contributed by atoms with Crippen molar-refractivity contribution in [1.82, 2.24) is 10.2 Å². The Morgan fingerprint density at radius 1 is 1.15 bits per heavy atom. The van der Waals surface area contributed by atoms with Gasteiger partial charge in [-0.25, -0.2) is 0 Å². The van der Waals surface area contributed by atoms with Gasteiger partial charge in [0.1, 0.15) is 12.2 Å². The molecule has 3 atom stereocenters. The fraction of sp³-hybridized carbons (Fsp3) is 0.929. The van der Waals surface area contributed by atoms with E-state index in [4.69, 9.17) is 4.74 Å². The number of aliphatic hydroxyl groups excluding tert-OH is 2. The Balaban J connectivity index is 1.69. The molecule has 0 aromatic carbocycles. The monoisotopic (exact) mass is 286 g/mol. The molecule has 0 aromatic rings. The van der Waals surface area contributed by atoms with Crippen LogP contribution in [-0.4, -0.2) is 72.1 Å². The van der Waals surface area contributed by atoms with Crippen molar-refractivity contribution in [3.05, 3.63) is 0 Å². The Labute approximate surface area is 120 Å². The first-order chi connectivity index (χ1) is 9.66. The number of likely N-dealkylation sites (tertiary alicyclic amines) is 1. The highest BCUT2D eigenvalue weighted by atomic mass is 16.5. The molecular weight excluding hydrogens is 260 g/mol. The lowest BCUT2D eigenvalue weighted by Gasteiger charge is -2.32. The van der Waals surface area contributed by atoms with E-state index in [9.17, 15) is 15.0 Å². The number of carbonyl (C=O) groups excluding carboxylic acids is 1. The van der Waals surface area contributed by atoms with E-state index in [1.807, 2.05) is 0 Å². The van der Waals surface area contributed by atoms with Crippen LogP contribution in [0.15, 0.2) is 0 Å². The summed E-state index contributed by atoms with van der Waals surface area (Å²) in [5, 5.41) is 22.0. The highest BCUT2D eigenvalue weighted by Crippen LogP contribution is 2.11. The molecule has 116 valence electrons. The average Bonchev–Trinajstić information content (AvgIpc) is 2.70. The molecule has 2 fully saturated rings. The number of carbonyl (C=O) groups is 1. The predicted molar refractivity (Wildman–Crippen MR) is 74.3 cm³/mol. The number of ether oxygens (including phenoxy) is 1. The smallest absolute Gasteiger partial charge is 0.221 e. The lowest BCUT2D eigenvalue weighted by molar-refractivity contribution is -0.131. The van der Waals surface area contributed by atoms with Crippen molar-refractivity contribution in [2.75, 3.05) is 32.8 Å². The standard InChI is InChI=1S/C14H26N2O4/c17-12-10-20-9-11(14(12)19)15-13(18)5-8-16-6-3-1-2-4-7-16/h11-12,14,17,19H,1-10H2,(H,15,18)/t11-,12-,14+/m1/s1. The molecule has 2 saturated heterocycles. The van der Waals surface area contributed by atoms with Crippen molar-refractivity contribution in [3.63, 3.8) is 0 Å². The van der Waals surface area contributed by atoms with Crippen LogP contribution in [0.3, 0.4) is 0 Å². The second-order valence-corrected chi connectivity index (χ2v) is 5.78. The van der Waals surface area contributed by atoms with E-state index < -0.39 is 18.2 Å². The summed E-state index contributed by atoms with van der Waals surface area (Å²) in [7, 11) is 0. The topological polar surface area (TPSA) is 82.0 Å². The molecule has 0 spiro atoms. The van der Waals surface area contributed by atoms with Gasteiger partial charge in [-0.15, -0.1) is 0 Å². The van der Waals surface area contributed by atoms with Gasteiger partial charge in [-0.2, -0.15) is 0 Å². The Bertz CT molecular complexity index is 306. The summed E-state index contributed by atoms with van der Waals surface area (Å²) in [5.41, 5.74) is 0. The van der Waals surface area contributed by atoms with E-state index in [0.29, 0.717) is 6.42 Å². The minimum atomic E-state index is -0.939. The van der Waals surface area contributed by atoms with Crippen LogP contribution in [0, 0.1) is 0 Å². The molecule has 2 aliphatic heterocycles. The fourth-order valence-electron chi connectivity index (χ4n) is 2.81. The molecule has 0 unspecified atom stereocenters. The average molecular weight is 286 g/mol. The van der Waals surface area contributed by atoms with Crippen LogP contribution >= 0.6 is 0 Å². The van der Waals surface area contributed by atoms with Gasteiger partial charge in [0.15, 0.2) is 0 Å². The molecule has 2 aliphatic rings. The Hall–Kier alpha value is -0.690. The molecule has 2 heterocycles. The quantitative estimate of drug-likeness (QED) is 0.648. The molecule has 0 aromatic heterocycles. The fourth-order valence-corrected chi connectivity index (χ4v) is 2.81. The summed E-state index contributed by atoms with van der Waals surface area (Å²) in [6, 6.07) is -0.504. The number of nitrogens with zero attached hydrogens (tertiary/aromatic N) is 1. The van der Waals surface area contributed by atoms with Crippen LogP contribution in [-0.2, 0) is 9.53 Å². The van der Waals surface area contributed by atoms with Gasteiger partial charge in [-0.05, 0) is 25.9 Å². The molecule has 0 aliphatic carbocycles. The SMILES string of the molecule is O=C(CCN1CCCCCC1)N[C@@H]1COC[C@@H](O)[C@H]1O. The molecule has 3 N–H and O–H groups in total. The summed E-state index contributed by atoms with van der Waals surface area (Å²) in [5.74, 6) is -0.0870. The summed E-state index contributed by atoms with van der Waals surface area (Å²) >= 11 is 0. The lowest BCUT2D eigenvalue weighted by atomic mass is 10.0. The largest absolute Gasteiger partial charge is 0.388 e. The molecule has 20 heavy (non-hydrogen) atoms. The Morgan fingerprint density at radius 3 is 2.55 bits per heavy atom. The molecule has 6 nitrogen and oxygen atoms in total. The van der Waals surface area contributed by atoms with Crippen LogP contribution in [0.2, 0.25) is 0 Å². The van der Waals surface area contributed by atoms with Crippen LogP contribution in [0.1, 0.15) is 32.1 Å². The maximum absolute atomic E-state index is 11.9. The Morgan fingerprint density at radius 2 is 1.85 bits per heavy atom. The van der Waals surface area contributed by atoms with E-state index in [2.05, 4.69) is 10.2 Å². The molecule has 0 bridgehead atoms. The van der Waals surface area contributed by atoms with Crippen molar-refractivity contribution in [1.29, 1.82) is 0 Å². The Kier molecular flexibility index (Phi) is 6.22. The van der Waals surface area contributed by atoms with Crippen molar-refractivity contribution < 1.29 is 19.7 Å². The van der Waals surface area contributed by atoms with E-state index >= 15 is 0 Å². The summed E-state index contributed by atoms with van der Waals surface area (Å²) in [6.07, 6.45) is 3.56. The highest BCUT2D eigenvalue weighted by molar-refractivity contribution is 5.76. The van der Waals surface area contributed by atoms with Gasteiger partial charge in [0.05, 0.1) is 19.3 Å². The van der Waals surface area contributed by atoms with E-state index in [1.165, 1.54) is 25.7 Å². The van der Waals surface area contributed by atoms with Gasteiger partial charge < -0.3 is 25.2 Å².